The summed E-state index contributed by atoms with van der Waals surface area (Å²) in [6.45, 7) is 1.91. The number of nitrogens with zero attached hydrogens (tertiary/aromatic N) is 4. The summed E-state index contributed by atoms with van der Waals surface area (Å²) in [5.74, 6) is 0.994. The Morgan fingerprint density at radius 2 is 1.88 bits per heavy atom. The molecular weight excluding hydrogens is 333 g/mol. The molecule has 2 aromatic carbocycles. The van der Waals surface area contributed by atoms with E-state index in [-0.39, 0.29) is 11.6 Å². The normalized spacial score (nSPS) is 16.6. The highest BCUT2D eigenvalue weighted by atomic mass is 19.1. The number of aromatic nitrogens is 2. The molecule has 130 valence electrons. The molecule has 0 radical (unpaired) electrons. The molecule has 1 unspecified atom stereocenters. The summed E-state index contributed by atoms with van der Waals surface area (Å²) < 4.78 is 13.1. The second kappa shape index (κ2) is 6.61. The number of aliphatic hydroxyl groups excluding tert-OH is 1. The van der Waals surface area contributed by atoms with Gasteiger partial charge in [-0.05, 0) is 36.8 Å². The van der Waals surface area contributed by atoms with E-state index >= 15 is 0 Å². The molecule has 2 N–H and O–H groups in total. The minimum atomic E-state index is -1.08. The Morgan fingerprint density at radius 3 is 2.62 bits per heavy atom. The number of nitrogens with one attached hydrogen (secondary N) is 1. The van der Waals surface area contributed by atoms with E-state index in [0.29, 0.717) is 29.2 Å². The number of aliphatic imine (C=N–C) groups is 1. The highest BCUT2D eigenvalue weighted by Gasteiger charge is 2.18. The molecule has 3 aromatic rings. The summed E-state index contributed by atoms with van der Waals surface area (Å²) in [6, 6.07) is 13.1. The van der Waals surface area contributed by atoms with Gasteiger partial charge in [-0.3, -0.25) is 5.43 Å². The number of aliphatic hydroxyl groups is 1. The maximum atomic E-state index is 13.1. The Hall–Kier alpha value is -3.19. The van der Waals surface area contributed by atoms with Crippen LogP contribution in [0.5, 0.6) is 0 Å². The maximum absolute atomic E-state index is 13.1. The van der Waals surface area contributed by atoms with Crippen molar-refractivity contribution in [2.75, 3.05) is 0 Å². The molecular formula is C19H16FN5O. The second-order valence-corrected chi connectivity index (χ2v) is 6.07. The minimum absolute atomic E-state index is 0.213. The zero-order valence-corrected chi connectivity index (χ0v) is 14.0. The Bertz CT molecular complexity index is 1030. The van der Waals surface area contributed by atoms with Gasteiger partial charge in [-0.15, -0.1) is 0 Å². The van der Waals surface area contributed by atoms with Crippen LogP contribution in [0.15, 0.2) is 58.6 Å². The lowest BCUT2D eigenvalue weighted by Crippen LogP contribution is -2.11. The number of rotatable bonds is 3. The first-order chi connectivity index (χ1) is 12.6. The van der Waals surface area contributed by atoms with E-state index in [1.165, 1.54) is 24.3 Å². The lowest BCUT2D eigenvalue weighted by molar-refractivity contribution is 0.210. The summed E-state index contributed by atoms with van der Waals surface area (Å²) in [5, 5.41) is 15.5. The highest BCUT2D eigenvalue weighted by Crippen LogP contribution is 2.27. The number of fused-ring (bicyclic) bond motifs is 1. The molecule has 0 spiro atoms. The summed E-state index contributed by atoms with van der Waals surface area (Å²) in [6.07, 6.45) is -0.456. The van der Waals surface area contributed by atoms with Crippen LogP contribution in [-0.2, 0) is 0 Å². The molecule has 0 saturated carbocycles. The van der Waals surface area contributed by atoms with Crippen molar-refractivity contribution in [3.05, 3.63) is 65.7 Å². The zero-order valence-electron chi connectivity index (χ0n) is 14.0. The molecule has 1 aromatic heterocycles. The molecule has 2 heterocycles. The first kappa shape index (κ1) is 16.3. The maximum Gasteiger partial charge on any atom is 0.165 e. The Labute approximate surface area is 149 Å². The van der Waals surface area contributed by atoms with Crippen molar-refractivity contribution >= 4 is 28.3 Å². The molecule has 0 amide bonds. The summed E-state index contributed by atoms with van der Waals surface area (Å²) in [7, 11) is 0. The van der Waals surface area contributed by atoms with Crippen molar-refractivity contribution in [3.8, 4) is 0 Å². The van der Waals surface area contributed by atoms with Gasteiger partial charge < -0.3 is 5.11 Å². The molecule has 1 aliphatic rings. The van der Waals surface area contributed by atoms with Crippen LogP contribution in [-0.4, -0.2) is 26.6 Å². The molecule has 6 nitrogen and oxygen atoms in total. The molecule has 0 fully saturated rings. The standard InChI is InChI=1S/C19H16FN5O/c1-11-10-16(25-24-11)22-18-14-4-2-3-5-15(14)21-19(23-18)17(26)12-6-8-13(20)9-7-12/h2-9,17,26H,10H2,1H3,(H,21,22,23,25). The van der Waals surface area contributed by atoms with Gasteiger partial charge in [-0.1, -0.05) is 24.3 Å². The van der Waals surface area contributed by atoms with E-state index in [9.17, 15) is 9.50 Å². The van der Waals surface area contributed by atoms with Gasteiger partial charge in [-0.25, -0.2) is 19.4 Å². The molecule has 0 saturated heterocycles. The summed E-state index contributed by atoms with van der Waals surface area (Å²) >= 11 is 0. The van der Waals surface area contributed by atoms with Gasteiger partial charge in [-0.2, -0.15) is 5.10 Å². The van der Waals surface area contributed by atoms with Crippen LogP contribution < -0.4 is 5.43 Å². The fourth-order valence-electron chi connectivity index (χ4n) is 2.75. The van der Waals surface area contributed by atoms with Gasteiger partial charge in [0.15, 0.2) is 11.6 Å². The van der Waals surface area contributed by atoms with Crippen LogP contribution in [0.25, 0.3) is 10.9 Å². The Kier molecular flexibility index (Phi) is 4.14. The number of benzene rings is 2. The monoisotopic (exact) mass is 349 g/mol. The third-order valence-corrected chi connectivity index (χ3v) is 4.07. The first-order valence-electron chi connectivity index (χ1n) is 8.17. The zero-order chi connectivity index (χ0) is 18.1. The number of hydrogen-bond donors (Lipinski definition) is 2. The quantitative estimate of drug-likeness (QED) is 0.760. The summed E-state index contributed by atoms with van der Waals surface area (Å²) in [5.41, 5.74) is 5.01. The Balaban J connectivity index is 1.80. The van der Waals surface area contributed by atoms with Gasteiger partial charge in [0.1, 0.15) is 17.8 Å². The van der Waals surface area contributed by atoms with E-state index < -0.39 is 6.10 Å². The van der Waals surface area contributed by atoms with Gasteiger partial charge >= 0.3 is 0 Å². The van der Waals surface area contributed by atoms with Gasteiger partial charge in [0.2, 0.25) is 0 Å². The number of amidine groups is 1. The number of halogens is 1. The first-order valence-corrected chi connectivity index (χ1v) is 8.17. The fraction of sp³-hybridized carbons (Fsp3) is 0.158. The molecule has 0 aliphatic carbocycles. The Morgan fingerprint density at radius 1 is 1.12 bits per heavy atom. The second-order valence-electron chi connectivity index (χ2n) is 6.07. The van der Waals surface area contributed by atoms with Crippen LogP contribution >= 0.6 is 0 Å². The van der Waals surface area contributed by atoms with Crippen molar-refractivity contribution in [3.63, 3.8) is 0 Å². The van der Waals surface area contributed by atoms with E-state index in [1.807, 2.05) is 31.2 Å². The largest absolute Gasteiger partial charge is 0.380 e. The van der Waals surface area contributed by atoms with Crippen molar-refractivity contribution in [1.29, 1.82) is 0 Å². The molecule has 26 heavy (non-hydrogen) atoms. The van der Waals surface area contributed by atoms with Crippen LogP contribution in [0.2, 0.25) is 0 Å². The third kappa shape index (κ3) is 3.16. The van der Waals surface area contributed by atoms with Gasteiger partial charge in [0.05, 0.1) is 5.52 Å². The average molecular weight is 349 g/mol. The van der Waals surface area contributed by atoms with Crippen molar-refractivity contribution in [2.45, 2.75) is 19.4 Å². The van der Waals surface area contributed by atoms with Crippen LogP contribution in [0.3, 0.4) is 0 Å². The molecule has 4 rings (SSSR count). The SMILES string of the molecule is CC1=NNC(=Nc2nc(C(O)c3ccc(F)cc3)nc3ccccc23)C1. The number of para-hydroxylation sites is 1. The van der Waals surface area contributed by atoms with Crippen molar-refractivity contribution in [1.82, 2.24) is 15.4 Å². The molecule has 1 aliphatic heterocycles. The number of hydrogen-bond acceptors (Lipinski definition) is 5. The lowest BCUT2D eigenvalue weighted by atomic mass is 10.1. The predicted molar refractivity (Wildman–Crippen MR) is 98.0 cm³/mol. The third-order valence-electron chi connectivity index (χ3n) is 4.07. The van der Waals surface area contributed by atoms with E-state index in [0.717, 1.165) is 11.1 Å². The van der Waals surface area contributed by atoms with E-state index in [2.05, 4.69) is 25.5 Å². The van der Waals surface area contributed by atoms with Crippen molar-refractivity contribution in [2.24, 2.45) is 10.1 Å². The van der Waals surface area contributed by atoms with E-state index in [1.54, 1.807) is 0 Å². The van der Waals surface area contributed by atoms with Crippen LogP contribution in [0.4, 0.5) is 10.2 Å². The predicted octanol–water partition coefficient (Wildman–Crippen LogP) is 3.25. The topological polar surface area (TPSA) is 82.8 Å². The summed E-state index contributed by atoms with van der Waals surface area (Å²) in [4.78, 5) is 13.5. The molecule has 0 bridgehead atoms. The van der Waals surface area contributed by atoms with Gasteiger partial charge in [0.25, 0.3) is 0 Å². The smallest absolute Gasteiger partial charge is 0.165 e. The van der Waals surface area contributed by atoms with Crippen LogP contribution in [0.1, 0.15) is 30.8 Å². The number of hydrazone groups is 1. The minimum Gasteiger partial charge on any atom is -0.380 e. The molecule has 7 heteroatoms. The fourth-order valence-corrected chi connectivity index (χ4v) is 2.75. The highest BCUT2D eigenvalue weighted by molar-refractivity contribution is 6.07. The lowest BCUT2D eigenvalue weighted by Gasteiger charge is -2.12. The average Bonchev–Trinajstić information content (AvgIpc) is 3.06. The van der Waals surface area contributed by atoms with Crippen LogP contribution in [0, 0.1) is 5.82 Å². The van der Waals surface area contributed by atoms with Gasteiger partial charge in [0, 0.05) is 17.5 Å². The van der Waals surface area contributed by atoms with Crippen molar-refractivity contribution < 1.29 is 9.50 Å². The van der Waals surface area contributed by atoms with E-state index in [4.69, 9.17) is 0 Å². The molecule has 1 atom stereocenters.